The van der Waals surface area contributed by atoms with Gasteiger partial charge in [-0.25, -0.2) is 4.39 Å². The number of ether oxygens (including phenoxy) is 2. The molecule has 0 unspecified atom stereocenters. The number of Topliss-reactive ketones (excluding diaryl/α,β-unsaturated/α-hetero) is 1. The molecule has 1 saturated heterocycles. The summed E-state index contributed by atoms with van der Waals surface area (Å²) in [7, 11) is 0. The van der Waals surface area contributed by atoms with E-state index in [2.05, 4.69) is 10.2 Å². The van der Waals surface area contributed by atoms with E-state index in [0.717, 1.165) is 25.2 Å². The number of hydrogen-bond acceptors (Lipinski definition) is 6. The lowest BCUT2D eigenvalue weighted by atomic mass is 10.1. The monoisotopic (exact) mass is 497 g/mol. The summed E-state index contributed by atoms with van der Waals surface area (Å²) in [6.45, 7) is 6.24. The van der Waals surface area contributed by atoms with Crippen molar-refractivity contribution < 1.29 is 28.2 Å². The van der Waals surface area contributed by atoms with Crippen LogP contribution in [0.25, 0.3) is 0 Å². The molecular formula is C27H32FN3O5. The van der Waals surface area contributed by atoms with Gasteiger partial charge in [-0.05, 0) is 75.7 Å². The zero-order valence-corrected chi connectivity index (χ0v) is 20.7. The number of ketones is 1. The van der Waals surface area contributed by atoms with E-state index in [4.69, 9.17) is 9.47 Å². The summed E-state index contributed by atoms with van der Waals surface area (Å²) in [5.74, 6) is -1.19. The van der Waals surface area contributed by atoms with Crippen LogP contribution in [0.15, 0.2) is 36.4 Å². The number of hydrogen-bond donors (Lipinski definition) is 1. The van der Waals surface area contributed by atoms with Crippen molar-refractivity contribution in [1.82, 2.24) is 10.2 Å². The van der Waals surface area contributed by atoms with Gasteiger partial charge in [0.25, 0.3) is 5.91 Å². The molecule has 192 valence electrons. The number of halogens is 1. The molecule has 9 heteroatoms. The molecule has 1 N–H and O–H groups in total. The van der Waals surface area contributed by atoms with Crippen molar-refractivity contribution in [3.63, 3.8) is 0 Å². The van der Waals surface area contributed by atoms with Crippen molar-refractivity contribution in [2.45, 2.75) is 39.2 Å². The highest BCUT2D eigenvalue weighted by molar-refractivity contribution is 6.05. The minimum absolute atomic E-state index is 0.00343. The molecule has 0 saturated carbocycles. The first-order chi connectivity index (χ1) is 17.3. The second-order valence-corrected chi connectivity index (χ2v) is 9.25. The van der Waals surface area contributed by atoms with Crippen LogP contribution in [0.2, 0.25) is 0 Å². The van der Waals surface area contributed by atoms with E-state index >= 15 is 0 Å². The summed E-state index contributed by atoms with van der Waals surface area (Å²) in [6, 6.07) is 8.31. The fraction of sp³-hybridized carbons (Fsp3) is 0.444. The van der Waals surface area contributed by atoms with Crippen LogP contribution < -0.4 is 19.7 Å². The lowest BCUT2D eigenvalue weighted by Crippen LogP contribution is -2.52. The van der Waals surface area contributed by atoms with Gasteiger partial charge in [-0.15, -0.1) is 0 Å². The number of anilines is 1. The highest BCUT2D eigenvalue weighted by atomic mass is 19.1. The van der Waals surface area contributed by atoms with Crippen molar-refractivity contribution in [3.05, 3.63) is 53.3 Å². The Bertz CT molecular complexity index is 1130. The molecule has 1 fully saturated rings. The quantitative estimate of drug-likeness (QED) is 0.536. The summed E-state index contributed by atoms with van der Waals surface area (Å²) in [5, 5.41) is 2.93. The van der Waals surface area contributed by atoms with Gasteiger partial charge in [-0.2, -0.15) is 0 Å². The minimum atomic E-state index is -0.788. The van der Waals surface area contributed by atoms with Crippen molar-refractivity contribution in [2.24, 2.45) is 0 Å². The largest absolute Gasteiger partial charge is 0.482 e. The third-order valence-electron chi connectivity index (χ3n) is 6.55. The Morgan fingerprint density at radius 2 is 1.92 bits per heavy atom. The molecular weight excluding hydrogens is 465 g/mol. The van der Waals surface area contributed by atoms with Crippen LogP contribution in [0, 0.1) is 12.7 Å². The average molecular weight is 498 g/mol. The van der Waals surface area contributed by atoms with Crippen molar-refractivity contribution >= 4 is 23.3 Å². The van der Waals surface area contributed by atoms with Gasteiger partial charge in [0.2, 0.25) is 5.91 Å². The molecule has 2 aliphatic rings. The number of carbonyl (C=O) groups is 3. The molecule has 0 spiro atoms. The molecule has 8 nitrogen and oxygen atoms in total. The van der Waals surface area contributed by atoms with Crippen LogP contribution in [-0.4, -0.2) is 67.9 Å². The van der Waals surface area contributed by atoms with Gasteiger partial charge in [-0.1, -0.05) is 12.5 Å². The molecule has 0 radical (unpaired) electrons. The Balaban J connectivity index is 1.43. The normalized spacial score (nSPS) is 16.6. The maximum atomic E-state index is 14.0. The predicted molar refractivity (Wildman–Crippen MR) is 133 cm³/mol. The molecule has 1 atom stereocenters. The average Bonchev–Trinajstić information content (AvgIpc) is 2.88. The Hall–Kier alpha value is -3.46. The third kappa shape index (κ3) is 6.02. The number of likely N-dealkylation sites (tertiary alicyclic amines) is 1. The summed E-state index contributed by atoms with van der Waals surface area (Å²) >= 11 is 0. The maximum Gasteiger partial charge on any atom is 0.265 e. The maximum absolute atomic E-state index is 14.0. The Kier molecular flexibility index (Phi) is 8.20. The number of amides is 2. The Morgan fingerprint density at radius 1 is 1.14 bits per heavy atom. The van der Waals surface area contributed by atoms with Crippen molar-refractivity contribution in [3.8, 4) is 11.5 Å². The molecule has 0 aromatic heterocycles. The highest BCUT2D eigenvalue weighted by Crippen LogP contribution is 2.34. The molecule has 0 aliphatic carbocycles. The number of fused-ring (bicyclic) bond motifs is 1. The minimum Gasteiger partial charge on any atom is -0.482 e. The van der Waals surface area contributed by atoms with E-state index in [9.17, 15) is 18.8 Å². The van der Waals surface area contributed by atoms with Gasteiger partial charge >= 0.3 is 0 Å². The van der Waals surface area contributed by atoms with Crippen LogP contribution in [0.1, 0.15) is 42.1 Å². The molecule has 2 amide bonds. The van der Waals surface area contributed by atoms with Gasteiger partial charge < -0.3 is 19.7 Å². The van der Waals surface area contributed by atoms with Crippen LogP contribution in [-0.2, 0) is 9.59 Å². The topological polar surface area (TPSA) is 88.2 Å². The summed E-state index contributed by atoms with van der Waals surface area (Å²) < 4.78 is 24.9. The summed E-state index contributed by atoms with van der Waals surface area (Å²) in [6.07, 6.45) is 3.60. The number of nitrogens with one attached hydrogen (secondary N) is 1. The second kappa shape index (κ2) is 11.5. The number of carbonyl (C=O) groups excluding carboxylic acids is 3. The molecule has 0 bridgehead atoms. The Morgan fingerprint density at radius 3 is 2.69 bits per heavy atom. The molecule has 36 heavy (non-hydrogen) atoms. The van der Waals surface area contributed by atoms with Gasteiger partial charge in [0.1, 0.15) is 11.8 Å². The molecule has 4 rings (SSSR count). The van der Waals surface area contributed by atoms with Crippen LogP contribution in [0.5, 0.6) is 11.5 Å². The fourth-order valence-electron chi connectivity index (χ4n) is 4.50. The van der Waals surface area contributed by atoms with E-state index in [0.29, 0.717) is 18.0 Å². The first-order valence-corrected chi connectivity index (χ1v) is 12.3. The third-order valence-corrected chi connectivity index (χ3v) is 6.55. The predicted octanol–water partition coefficient (Wildman–Crippen LogP) is 3.11. The van der Waals surface area contributed by atoms with E-state index in [1.54, 1.807) is 32.0 Å². The number of rotatable bonds is 9. The molecule has 2 heterocycles. The summed E-state index contributed by atoms with van der Waals surface area (Å²) in [5.41, 5.74) is 1.42. The van der Waals surface area contributed by atoms with Crippen molar-refractivity contribution in [1.29, 1.82) is 0 Å². The SMILES string of the molecule is Cc1ccc(F)c(OCC(=O)c2ccc3c(c2)N([C@H](C)C(=O)NCCN2CCCCC2)C(=O)CO3)c1. The van der Waals surface area contributed by atoms with E-state index in [1.807, 2.05) is 0 Å². The lowest BCUT2D eigenvalue weighted by molar-refractivity contribution is -0.127. The zero-order valence-electron chi connectivity index (χ0n) is 20.7. The molecule has 2 aliphatic heterocycles. The van der Waals surface area contributed by atoms with Gasteiger partial charge in [0, 0.05) is 18.7 Å². The van der Waals surface area contributed by atoms with E-state index < -0.39 is 17.6 Å². The van der Waals surface area contributed by atoms with Gasteiger partial charge in [0.15, 0.2) is 30.6 Å². The van der Waals surface area contributed by atoms with Crippen LogP contribution >= 0.6 is 0 Å². The lowest BCUT2D eigenvalue weighted by Gasteiger charge is -2.34. The number of benzene rings is 2. The Labute approximate surface area is 210 Å². The summed E-state index contributed by atoms with van der Waals surface area (Å²) in [4.78, 5) is 42.1. The number of aryl methyl sites for hydroxylation is 1. The molecule has 2 aromatic rings. The highest BCUT2D eigenvalue weighted by Gasteiger charge is 2.33. The first kappa shape index (κ1) is 25.6. The second-order valence-electron chi connectivity index (χ2n) is 9.25. The van der Waals surface area contributed by atoms with E-state index in [1.165, 1.54) is 42.4 Å². The van der Waals surface area contributed by atoms with E-state index in [-0.39, 0.29) is 36.3 Å². The number of piperidine rings is 1. The number of nitrogens with zero attached hydrogens (tertiary/aromatic N) is 2. The van der Waals surface area contributed by atoms with Gasteiger partial charge in [-0.3, -0.25) is 19.3 Å². The van der Waals surface area contributed by atoms with Crippen LogP contribution in [0.4, 0.5) is 10.1 Å². The molecule has 2 aromatic carbocycles. The van der Waals surface area contributed by atoms with Gasteiger partial charge in [0.05, 0.1) is 5.69 Å². The zero-order chi connectivity index (χ0) is 25.7. The smallest absolute Gasteiger partial charge is 0.265 e. The first-order valence-electron chi connectivity index (χ1n) is 12.3. The fourth-order valence-corrected chi connectivity index (χ4v) is 4.50. The van der Waals surface area contributed by atoms with Crippen molar-refractivity contribution in [2.75, 3.05) is 44.3 Å². The van der Waals surface area contributed by atoms with Crippen LogP contribution in [0.3, 0.4) is 0 Å². The standard InChI is InChI=1S/C27H32FN3O5/c1-18-6-8-21(28)25(14-18)35-16-23(32)20-7-9-24-22(15-20)31(26(33)17-36-24)19(2)27(34)29-10-13-30-11-4-3-5-12-30/h6-9,14-15,19H,3-5,10-13,16-17H2,1-2H3,(H,29,34)/t19-/m1/s1.